The van der Waals surface area contributed by atoms with Gasteiger partial charge in [0.25, 0.3) is 0 Å². The second-order valence-electron chi connectivity index (χ2n) is 9.54. The Bertz CT molecular complexity index is 1340. The number of nitrogens with zero attached hydrogens (tertiary/aromatic N) is 5. The van der Waals surface area contributed by atoms with E-state index in [1.54, 1.807) is 25.2 Å². The first-order valence-electron chi connectivity index (χ1n) is 12.9. The number of nitrogens with one attached hydrogen (secondary N) is 1. The number of rotatable bonds is 9. The molecule has 0 bridgehead atoms. The van der Waals surface area contributed by atoms with Gasteiger partial charge in [0.15, 0.2) is 5.75 Å². The van der Waals surface area contributed by atoms with Gasteiger partial charge in [-0.1, -0.05) is 30.3 Å². The van der Waals surface area contributed by atoms with Gasteiger partial charge >= 0.3 is 6.09 Å². The van der Waals surface area contributed by atoms with E-state index in [0.717, 1.165) is 42.9 Å². The molecule has 0 saturated carbocycles. The van der Waals surface area contributed by atoms with Crippen LogP contribution in [-0.4, -0.2) is 37.5 Å². The summed E-state index contributed by atoms with van der Waals surface area (Å²) < 4.78 is 5.44. The summed E-state index contributed by atoms with van der Waals surface area (Å²) in [4.78, 5) is 32.4. The molecular formula is C29H32N6O2S. The molecule has 8 nitrogen and oxygen atoms in total. The maximum absolute atomic E-state index is 12.3. The first kappa shape index (κ1) is 25.9. The number of hydrogen-bond acceptors (Lipinski definition) is 8. The number of hydrogen-bond donors (Lipinski definition) is 1. The Labute approximate surface area is 227 Å². The van der Waals surface area contributed by atoms with Crippen LogP contribution in [-0.2, 0) is 25.9 Å². The molecule has 4 aromatic rings. The normalized spacial score (nSPS) is 14.8. The minimum Gasteiger partial charge on any atom is -0.406 e. The van der Waals surface area contributed by atoms with Crippen molar-refractivity contribution in [2.75, 3.05) is 6.54 Å². The fourth-order valence-corrected chi connectivity index (χ4v) is 5.54. The molecule has 0 fully saturated rings. The van der Waals surface area contributed by atoms with Crippen LogP contribution in [0.3, 0.4) is 0 Å². The smallest absolute Gasteiger partial charge is 0.406 e. The molecular weight excluding hydrogens is 496 g/mol. The highest BCUT2D eigenvalue weighted by molar-refractivity contribution is 7.09. The minimum atomic E-state index is -0.521. The molecule has 196 valence electrons. The van der Waals surface area contributed by atoms with Gasteiger partial charge in [0.1, 0.15) is 6.33 Å². The third-order valence-corrected chi connectivity index (χ3v) is 7.74. The zero-order valence-corrected chi connectivity index (χ0v) is 22.6. The van der Waals surface area contributed by atoms with E-state index in [1.807, 2.05) is 23.8 Å². The molecule has 1 amide bonds. The molecule has 0 saturated heterocycles. The zero-order chi connectivity index (χ0) is 26.3. The van der Waals surface area contributed by atoms with Crippen LogP contribution >= 0.6 is 11.3 Å². The quantitative estimate of drug-likeness (QED) is 0.313. The summed E-state index contributed by atoms with van der Waals surface area (Å²) in [6.07, 6.45) is 9.03. The lowest BCUT2D eigenvalue weighted by molar-refractivity contribution is 0.168. The van der Waals surface area contributed by atoms with Crippen LogP contribution in [0.4, 0.5) is 4.79 Å². The van der Waals surface area contributed by atoms with Gasteiger partial charge in [-0.2, -0.15) is 0 Å². The third-order valence-electron chi connectivity index (χ3n) is 6.90. The van der Waals surface area contributed by atoms with E-state index in [-0.39, 0.29) is 0 Å². The fourth-order valence-electron chi connectivity index (χ4n) is 4.93. The fraction of sp³-hybridized carbons (Fsp3) is 0.345. The SMILES string of the molecule is Cc1ncnc(C)c1OC(=O)NCc1ccc(CN(CCc2nccs2)C2CCCc3cccnc32)cc1. The van der Waals surface area contributed by atoms with Gasteiger partial charge in [-0.15, -0.1) is 11.3 Å². The third kappa shape index (κ3) is 6.41. The molecule has 1 aliphatic carbocycles. The second kappa shape index (κ2) is 12.2. The standard InChI is InChI=1S/C29H32N6O2S/c1-20-28(21(2)34-19-33-20)37-29(36)32-17-22-8-10-23(11-9-22)18-35(15-12-26-30-14-16-38-26)25-7-3-5-24-6-4-13-31-27(24)25/h4,6,8-11,13-14,16,19,25H,3,5,7,12,15,17-18H2,1-2H3,(H,32,36). The van der Waals surface area contributed by atoms with Crippen LogP contribution < -0.4 is 10.1 Å². The molecule has 1 aliphatic rings. The lowest BCUT2D eigenvalue weighted by Gasteiger charge is -2.35. The number of aromatic nitrogens is 4. The summed E-state index contributed by atoms with van der Waals surface area (Å²) in [7, 11) is 0. The molecule has 1 aromatic carbocycles. The van der Waals surface area contributed by atoms with E-state index >= 15 is 0 Å². The summed E-state index contributed by atoms with van der Waals surface area (Å²) in [5.41, 5.74) is 6.07. The molecule has 5 rings (SSSR count). The number of pyridine rings is 1. The van der Waals surface area contributed by atoms with Crippen molar-refractivity contribution in [1.82, 2.24) is 30.2 Å². The van der Waals surface area contributed by atoms with Crippen LogP contribution in [0, 0.1) is 13.8 Å². The van der Waals surface area contributed by atoms with Crippen LogP contribution in [0.1, 0.15) is 57.7 Å². The summed E-state index contributed by atoms with van der Waals surface area (Å²) in [5, 5.41) is 6.02. The molecule has 0 radical (unpaired) electrons. The van der Waals surface area contributed by atoms with E-state index in [1.165, 1.54) is 29.6 Å². The van der Waals surface area contributed by atoms with E-state index in [9.17, 15) is 4.79 Å². The van der Waals surface area contributed by atoms with Crippen molar-refractivity contribution < 1.29 is 9.53 Å². The summed E-state index contributed by atoms with van der Waals surface area (Å²) in [5.74, 6) is 0.400. The highest BCUT2D eigenvalue weighted by atomic mass is 32.1. The van der Waals surface area contributed by atoms with Gasteiger partial charge in [-0.25, -0.2) is 19.7 Å². The molecule has 0 spiro atoms. The van der Waals surface area contributed by atoms with Crippen molar-refractivity contribution in [2.45, 2.75) is 58.7 Å². The molecule has 1 unspecified atom stereocenters. The second-order valence-corrected chi connectivity index (χ2v) is 10.5. The van der Waals surface area contributed by atoms with Gasteiger partial charge in [0.05, 0.1) is 28.1 Å². The maximum Gasteiger partial charge on any atom is 0.412 e. The highest BCUT2D eigenvalue weighted by Crippen LogP contribution is 2.34. The van der Waals surface area contributed by atoms with E-state index < -0.39 is 6.09 Å². The number of carbonyl (C=O) groups is 1. The molecule has 3 heterocycles. The first-order valence-corrected chi connectivity index (χ1v) is 13.8. The van der Waals surface area contributed by atoms with Crippen molar-refractivity contribution in [3.63, 3.8) is 0 Å². The van der Waals surface area contributed by atoms with Crippen molar-refractivity contribution in [3.8, 4) is 5.75 Å². The molecule has 9 heteroatoms. The first-order chi connectivity index (χ1) is 18.6. The lowest BCUT2D eigenvalue weighted by atomic mass is 9.90. The van der Waals surface area contributed by atoms with Gasteiger partial charge in [0, 0.05) is 43.8 Å². The Morgan fingerprint density at radius 1 is 1.05 bits per heavy atom. The van der Waals surface area contributed by atoms with E-state index in [0.29, 0.717) is 29.7 Å². The van der Waals surface area contributed by atoms with Crippen LogP contribution in [0.5, 0.6) is 5.75 Å². The summed E-state index contributed by atoms with van der Waals surface area (Å²) >= 11 is 1.71. The van der Waals surface area contributed by atoms with Gasteiger partial charge in [-0.05, 0) is 55.9 Å². The predicted molar refractivity (Wildman–Crippen MR) is 147 cm³/mol. The minimum absolute atomic E-state index is 0.296. The molecule has 38 heavy (non-hydrogen) atoms. The average Bonchev–Trinajstić information content (AvgIpc) is 3.46. The van der Waals surface area contributed by atoms with Crippen molar-refractivity contribution in [2.24, 2.45) is 0 Å². The molecule has 1 N–H and O–H groups in total. The number of amides is 1. The van der Waals surface area contributed by atoms with Gasteiger partial charge in [0.2, 0.25) is 0 Å². The molecule has 0 aliphatic heterocycles. The lowest BCUT2D eigenvalue weighted by Crippen LogP contribution is -2.33. The Balaban J connectivity index is 1.23. The molecule has 3 aromatic heterocycles. The summed E-state index contributed by atoms with van der Waals surface area (Å²) in [6, 6.07) is 13.0. The number of fused-ring (bicyclic) bond motifs is 1. The monoisotopic (exact) mass is 528 g/mol. The topological polar surface area (TPSA) is 93.1 Å². The van der Waals surface area contributed by atoms with Gasteiger partial charge < -0.3 is 10.1 Å². The van der Waals surface area contributed by atoms with Gasteiger partial charge in [-0.3, -0.25) is 9.88 Å². The van der Waals surface area contributed by atoms with Crippen molar-refractivity contribution in [1.29, 1.82) is 0 Å². The maximum atomic E-state index is 12.3. The Morgan fingerprint density at radius 2 is 1.84 bits per heavy atom. The van der Waals surface area contributed by atoms with Crippen LogP contribution in [0.25, 0.3) is 0 Å². The predicted octanol–water partition coefficient (Wildman–Crippen LogP) is 5.36. The van der Waals surface area contributed by atoms with Crippen molar-refractivity contribution in [3.05, 3.63) is 99.3 Å². The summed E-state index contributed by atoms with van der Waals surface area (Å²) in [6.45, 7) is 5.70. The van der Waals surface area contributed by atoms with Crippen LogP contribution in [0.2, 0.25) is 0 Å². The zero-order valence-electron chi connectivity index (χ0n) is 21.8. The number of thiazole rings is 1. The highest BCUT2D eigenvalue weighted by Gasteiger charge is 2.27. The number of ether oxygens (including phenoxy) is 1. The van der Waals surface area contributed by atoms with Crippen molar-refractivity contribution >= 4 is 17.4 Å². The van der Waals surface area contributed by atoms with E-state index in [4.69, 9.17) is 9.72 Å². The Morgan fingerprint density at radius 3 is 2.61 bits per heavy atom. The van der Waals surface area contributed by atoms with E-state index in [2.05, 4.69) is 55.5 Å². The molecule has 1 atom stereocenters. The number of benzene rings is 1. The number of carbonyl (C=O) groups excluding carboxylic acids is 1. The Kier molecular flexibility index (Phi) is 8.35. The number of aryl methyl sites for hydroxylation is 3. The van der Waals surface area contributed by atoms with Crippen LogP contribution in [0.15, 0.2) is 60.5 Å². The average molecular weight is 529 g/mol. The Hall–Kier alpha value is -3.69. The largest absolute Gasteiger partial charge is 0.412 e.